The van der Waals surface area contributed by atoms with Gasteiger partial charge < -0.3 is 9.80 Å². The average molecular weight is 320 g/mol. The van der Waals surface area contributed by atoms with Crippen LogP contribution in [0.15, 0.2) is 0 Å². The molecule has 1 unspecified atom stereocenters. The van der Waals surface area contributed by atoms with Gasteiger partial charge in [-0.25, -0.2) is 4.68 Å². The molecule has 23 heavy (non-hydrogen) atoms. The molecule has 7 heteroatoms. The van der Waals surface area contributed by atoms with Crippen molar-refractivity contribution in [2.24, 2.45) is 0 Å². The van der Waals surface area contributed by atoms with Crippen molar-refractivity contribution in [3.63, 3.8) is 0 Å². The van der Waals surface area contributed by atoms with E-state index in [0.717, 1.165) is 31.8 Å². The van der Waals surface area contributed by atoms with Crippen molar-refractivity contribution in [1.82, 2.24) is 30.0 Å². The van der Waals surface area contributed by atoms with Crippen molar-refractivity contribution >= 4 is 5.91 Å². The lowest BCUT2D eigenvalue weighted by molar-refractivity contribution is -0.132. The fourth-order valence-electron chi connectivity index (χ4n) is 3.77. The summed E-state index contributed by atoms with van der Waals surface area (Å²) in [5, 5.41) is 11.7. The highest BCUT2D eigenvalue weighted by atomic mass is 16.2. The summed E-state index contributed by atoms with van der Waals surface area (Å²) in [5.74, 6) is 1.14. The molecular formula is C16H28N6O. The minimum atomic E-state index is 0.140. The fourth-order valence-corrected chi connectivity index (χ4v) is 3.77. The Bertz CT molecular complexity index is 522. The van der Waals surface area contributed by atoms with Crippen molar-refractivity contribution in [2.45, 2.75) is 64.5 Å². The summed E-state index contributed by atoms with van der Waals surface area (Å²) in [7, 11) is 0. The molecule has 3 rings (SSSR count). The molecule has 2 fully saturated rings. The maximum absolute atomic E-state index is 12.6. The number of nitrogens with zero attached hydrogens (tertiary/aromatic N) is 6. The molecule has 2 aliphatic rings. The van der Waals surface area contributed by atoms with Crippen molar-refractivity contribution in [2.75, 3.05) is 26.2 Å². The highest BCUT2D eigenvalue weighted by Gasteiger charge is 2.26. The smallest absolute Gasteiger partial charge is 0.244 e. The minimum absolute atomic E-state index is 0.140. The third-order valence-corrected chi connectivity index (χ3v) is 5.07. The number of likely N-dealkylation sites (tertiary alicyclic amines) is 2. The minimum Gasteiger partial charge on any atom is -0.341 e. The van der Waals surface area contributed by atoms with E-state index in [1.807, 2.05) is 18.7 Å². The molecule has 7 nitrogen and oxygen atoms in total. The van der Waals surface area contributed by atoms with E-state index in [1.54, 1.807) is 4.68 Å². The lowest BCUT2D eigenvalue weighted by Crippen LogP contribution is -2.37. The third-order valence-electron chi connectivity index (χ3n) is 5.07. The van der Waals surface area contributed by atoms with Gasteiger partial charge in [0.1, 0.15) is 6.54 Å². The second-order valence-corrected chi connectivity index (χ2v) is 7.06. The predicted molar refractivity (Wildman–Crippen MR) is 86.9 cm³/mol. The van der Waals surface area contributed by atoms with E-state index in [4.69, 9.17) is 0 Å². The second-order valence-electron chi connectivity index (χ2n) is 7.06. The maximum Gasteiger partial charge on any atom is 0.244 e. The van der Waals surface area contributed by atoms with Gasteiger partial charge >= 0.3 is 0 Å². The van der Waals surface area contributed by atoms with Crippen LogP contribution in [0.25, 0.3) is 0 Å². The van der Waals surface area contributed by atoms with Crippen LogP contribution in [-0.2, 0) is 11.3 Å². The Balaban J connectivity index is 1.56. The second kappa shape index (κ2) is 7.38. The highest BCUT2D eigenvalue weighted by molar-refractivity contribution is 5.76. The third kappa shape index (κ3) is 3.88. The van der Waals surface area contributed by atoms with Crippen LogP contribution in [-0.4, -0.2) is 68.1 Å². The highest BCUT2D eigenvalue weighted by Crippen LogP contribution is 2.21. The molecule has 0 bridgehead atoms. The first-order chi connectivity index (χ1) is 11.1. The van der Waals surface area contributed by atoms with Crippen molar-refractivity contribution < 1.29 is 4.79 Å². The Morgan fingerprint density at radius 2 is 1.91 bits per heavy atom. The Hall–Kier alpha value is -1.50. The lowest BCUT2D eigenvalue weighted by Gasteiger charge is -2.26. The first-order valence-corrected chi connectivity index (χ1v) is 8.93. The van der Waals surface area contributed by atoms with Crippen LogP contribution in [0.4, 0.5) is 0 Å². The first kappa shape index (κ1) is 16.4. The molecule has 0 aliphatic carbocycles. The molecule has 0 radical (unpaired) electrons. The van der Waals surface area contributed by atoms with Crippen LogP contribution in [0.2, 0.25) is 0 Å². The van der Waals surface area contributed by atoms with Gasteiger partial charge in [0.05, 0.1) is 0 Å². The van der Waals surface area contributed by atoms with Crippen molar-refractivity contribution in [1.29, 1.82) is 0 Å². The molecule has 1 amide bonds. The Morgan fingerprint density at radius 3 is 2.65 bits per heavy atom. The number of hydrogen-bond donors (Lipinski definition) is 0. The zero-order chi connectivity index (χ0) is 16.2. The van der Waals surface area contributed by atoms with Gasteiger partial charge in [0.25, 0.3) is 0 Å². The number of amides is 1. The normalized spacial score (nSPS) is 23.4. The molecule has 0 spiro atoms. The van der Waals surface area contributed by atoms with Gasteiger partial charge in [-0.1, -0.05) is 13.8 Å². The van der Waals surface area contributed by atoms with E-state index in [-0.39, 0.29) is 18.4 Å². The maximum atomic E-state index is 12.6. The van der Waals surface area contributed by atoms with Gasteiger partial charge in [-0.2, -0.15) is 0 Å². The van der Waals surface area contributed by atoms with Crippen LogP contribution in [0.3, 0.4) is 0 Å². The van der Waals surface area contributed by atoms with E-state index in [2.05, 4.69) is 20.4 Å². The molecule has 1 aromatic heterocycles. The molecular weight excluding hydrogens is 292 g/mol. The van der Waals surface area contributed by atoms with Crippen molar-refractivity contribution in [3.8, 4) is 0 Å². The van der Waals surface area contributed by atoms with Crippen LogP contribution in [0, 0.1) is 0 Å². The molecule has 1 aromatic rings. The Morgan fingerprint density at radius 1 is 1.13 bits per heavy atom. The van der Waals surface area contributed by atoms with Gasteiger partial charge in [-0.05, 0) is 55.6 Å². The number of hydrogen-bond acceptors (Lipinski definition) is 5. The van der Waals surface area contributed by atoms with Gasteiger partial charge in [0, 0.05) is 25.0 Å². The summed E-state index contributed by atoms with van der Waals surface area (Å²) in [6.45, 7) is 8.54. The van der Waals surface area contributed by atoms with E-state index in [1.165, 1.54) is 32.4 Å². The van der Waals surface area contributed by atoms with Crippen LogP contribution >= 0.6 is 0 Å². The molecule has 2 saturated heterocycles. The number of carbonyl (C=O) groups excluding carboxylic acids is 1. The van der Waals surface area contributed by atoms with Crippen LogP contribution in [0.1, 0.15) is 57.7 Å². The molecule has 128 valence electrons. The number of tetrazole rings is 1. The van der Waals surface area contributed by atoms with Crippen LogP contribution in [0.5, 0.6) is 0 Å². The Kier molecular flexibility index (Phi) is 5.25. The standard InChI is InChI=1S/C16H28N6O/c1-13(2)16-17-18-19-22(16)12-15(23)21-10-5-6-14(7-11-21)20-8-3-4-9-20/h13-14H,3-12H2,1-2H3. The van der Waals surface area contributed by atoms with Gasteiger partial charge in [0.15, 0.2) is 5.82 Å². The molecule has 2 aliphatic heterocycles. The quantitative estimate of drug-likeness (QED) is 0.836. The van der Waals surface area contributed by atoms with E-state index in [9.17, 15) is 4.79 Å². The SMILES string of the molecule is CC(C)c1nnnn1CC(=O)N1CCCC(N2CCCC2)CC1. The molecule has 0 saturated carbocycles. The van der Waals surface area contributed by atoms with Gasteiger partial charge in [0.2, 0.25) is 5.91 Å². The zero-order valence-corrected chi connectivity index (χ0v) is 14.3. The number of aromatic nitrogens is 4. The van der Waals surface area contributed by atoms with E-state index >= 15 is 0 Å². The molecule has 3 heterocycles. The summed E-state index contributed by atoms with van der Waals surface area (Å²) < 4.78 is 1.65. The van der Waals surface area contributed by atoms with Crippen LogP contribution < -0.4 is 0 Å². The predicted octanol–water partition coefficient (Wildman–Crippen LogP) is 1.27. The molecule has 0 aromatic carbocycles. The summed E-state index contributed by atoms with van der Waals surface area (Å²) in [4.78, 5) is 17.2. The monoisotopic (exact) mass is 320 g/mol. The summed E-state index contributed by atoms with van der Waals surface area (Å²) in [6.07, 6.45) is 6.07. The largest absolute Gasteiger partial charge is 0.341 e. The topological polar surface area (TPSA) is 67.2 Å². The van der Waals surface area contributed by atoms with Crippen molar-refractivity contribution in [3.05, 3.63) is 5.82 Å². The fraction of sp³-hybridized carbons (Fsp3) is 0.875. The lowest BCUT2D eigenvalue weighted by atomic mass is 10.1. The zero-order valence-electron chi connectivity index (χ0n) is 14.3. The van der Waals surface area contributed by atoms with E-state index in [0.29, 0.717) is 6.04 Å². The Labute approximate surface area is 138 Å². The average Bonchev–Trinajstić information content (AvgIpc) is 3.15. The van der Waals surface area contributed by atoms with Gasteiger partial charge in [-0.3, -0.25) is 4.79 Å². The summed E-state index contributed by atoms with van der Waals surface area (Å²) >= 11 is 0. The number of carbonyl (C=O) groups is 1. The molecule has 0 N–H and O–H groups in total. The summed E-state index contributed by atoms with van der Waals surface area (Å²) in [6, 6.07) is 0.662. The summed E-state index contributed by atoms with van der Waals surface area (Å²) in [5.41, 5.74) is 0. The first-order valence-electron chi connectivity index (χ1n) is 8.93. The molecule has 1 atom stereocenters. The van der Waals surface area contributed by atoms with Gasteiger partial charge in [-0.15, -0.1) is 5.10 Å². The number of rotatable bonds is 4. The van der Waals surface area contributed by atoms with E-state index < -0.39 is 0 Å².